The number of benzene rings is 1. The number of hydrogen-bond acceptors (Lipinski definition) is 4. The minimum atomic E-state index is 0.753. The highest BCUT2D eigenvalue weighted by Gasteiger charge is 2.28. The zero-order chi connectivity index (χ0) is 14.3. The maximum absolute atomic E-state index is 5.44. The van der Waals surface area contributed by atoms with Crippen LogP contribution < -0.4 is 5.32 Å². The van der Waals surface area contributed by atoms with Gasteiger partial charge in [0, 0.05) is 45.3 Å². The van der Waals surface area contributed by atoms with Gasteiger partial charge in [-0.15, -0.1) is 0 Å². The molecule has 2 heterocycles. The molecule has 2 fully saturated rings. The molecule has 0 aromatic heterocycles. The Morgan fingerprint density at radius 2 is 1.90 bits per heavy atom. The molecular formula is C17H27N3O. The van der Waals surface area contributed by atoms with Crippen molar-refractivity contribution in [3.63, 3.8) is 0 Å². The maximum atomic E-state index is 5.44. The van der Waals surface area contributed by atoms with Gasteiger partial charge in [-0.05, 0) is 18.5 Å². The molecule has 0 aliphatic carbocycles. The molecule has 2 aliphatic heterocycles. The van der Waals surface area contributed by atoms with Crippen molar-refractivity contribution < 1.29 is 4.74 Å². The van der Waals surface area contributed by atoms with Gasteiger partial charge < -0.3 is 15.0 Å². The van der Waals surface area contributed by atoms with E-state index in [4.69, 9.17) is 4.74 Å². The molecule has 4 heteroatoms. The molecule has 0 saturated carbocycles. The standard InChI is InChI=1S/C17H27N3O/c1-2-4-16(5-3-1)14-18-7-9-19-8-6-17(15-19)20-10-12-21-13-11-20/h1-5,17-18H,6-15H2. The third-order valence-corrected chi connectivity index (χ3v) is 4.59. The number of nitrogens with zero attached hydrogens (tertiary/aromatic N) is 2. The molecule has 0 amide bonds. The normalized spacial score (nSPS) is 24.5. The summed E-state index contributed by atoms with van der Waals surface area (Å²) in [7, 11) is 0. The second-order valence-corrected chi connectivity index (χ2v) is 6.05. The Morgan fingerprint density at radius 3 is 2.71 bits per heavy atom. The summed E-state index contributed by atoms with van der Waals surface area (Å²) in [6.07, 6.45) is 1.32. The van der Waals surface area contributed by atoms with E-state index in [9.17, 15) is 0 Å². The lowest BCUT2D eigenvalue weighted by atomic mass is 10.2. The van der Waals surface area contributed by atoms with Crippen molar-refractivity contribution in [1.82, 2.24) is 15.1 Å². The second-order valence-electron chi connectivity index (χ2n) is 6.05. The molecule has 0 spiro atoms. The van der Waals surface area contributed by atoms with Gasteiger partial charge in [-0.25, -0.2) is 0 Å². The smallest absolute Gasteiger partial charge is 0.0594 e. The van der Waals surface area contributed by atoms with Crippen LogP contribution in [0.25, 0.3) is 0 Å². The van der Waals surface area contributed by atoms with E-state index in [0.29, 0.717) is 0 Å². The van der Waals surface area contributed by atoms with Crippen LogP contribution in [0.3, 0.4) is 0 Å². The SMILES string of the molecule is c1ccc(CNCCN2CCC(N3CCOCC3)C2)cc1. The summed E-state index contributed by atoms with van der Waals surface area (Å²) in [6.45, 7) is 9.74. The van der Waals surface area contributed by atoms with E-state index in [2.05, 4.69) is 45.4 Å². The molecule has 116 valence electrons. The summed E-state index contributed by atoms with van der Waals surface area (Å²) >= 11 is 0. The van der Waals surface area contributed by atoms with Crippen molar-refractivity contribution in [2.45, 2.75) is 19.0 Å². The van der Waals surface area contributed by atoms with Crippen molar-refractivity contribution in [3.8, 4) is 0 Å². The summed E-state index contributed by atoms with van der Waals surface area (Å²) in [5, 5.41) is 3.55. The van der Waals surface area contributed by atoms with E-state index in [1.165, 1.54) is 25.1 Å². The van der Waals surface area contributed by atoms with Crippen molar-refractivity contribution in [1.29, 1.82) is 0 Å². The first kappa shape index (κ1) is 15.0. The quantitative estimate of drug-likeness (QED) is 0.796. The number of hydrogen-bond donors (Lipinski definition) is 1. The predicted octanol–water partition coefficient (Wildman–Crippen LogP) is 1.18. The van der Waals surface area contributed by atoms with Crippen LogP contribution in [0.15, 0.2) is 30.3 Å². The number of likely N-dealkylation sites (tertiary alicyclic amines) is 1. The van der Waals surface area contributed by atoms with E-state index in [1.54, 1.807) is 0 Å². The topological polar surface area (TPSA) is 27.7 Å². The van der Waals surface area contributed by atoms with Crippen LogP contribution in [-0.2, 0) is 11.3 Å². The van der Waals surface area contributed by atoms with Crippen LogP contribution in [-0.4, -0.2) is 68.3 Å². The van der Waals surface area contributed by atoms with Crippen LogP contribution in [0.2, 0.25) is 0 Å². The molecule has 21 heavy (non-hydrogen) atoms. The number of morpholine rings is 1. The van der Waals surface area contributed by atoms with Crippen molar-refractivity contribution >= 4 is 0 Å². The zero-order valence-electron chi connectivity index (χ0n) is 12.8. The monoisotopic (exact) mass is 289 g/mol. The first-order chi connectivity index (χ1) is 10.4. The lowest BCUT2D eigenvalue weighted by molar-refractivity contribution is 0.0185. The van der Waals surface area contributed by atoms with Crippen LogP contribution in [0.1, 0.15) is 12.0 Å². The average Bonchev–Trinajstić information content (AvgIpc) is 3.02. The minimum Gasteiger partial charge on any atom is -0.379 e. The maximum Gasteiger partial charge on any atom is 0.0594 e. The molecule has 1 aromatic carbocycles. The molecule has 1 N–H and O–H groups in total. The molecule has 3 rings (SSSR count). The summed E-state index contributed by atoms with van der Waals surface area (Å²) in [4.78, 5) is 5.21. The van der Waals surface area contributed by atoms with Gasteiger partial charge in [0.2, 0.25) is 0 Å². The van der Waals surface area contributed by atoms with Crippen molar-refractivity contribution in [2.75, 3.05) is 52.5 Å². The Morgan fingerprint density at radius 1 is 1.10 bits per heavy atom. The molecule has 4 nitrogen and oxygen atoms in total. The van der Waals surface area contributed by atoms with Gasteiger partial charge in [0.25, 0.3) is 0 Å². The Hall–Kier alpha value is -0.940. The van der Waals surface area contributed by atoms with Crippen molar-refractivity contribution in [2.24, 2.45) is 0 Å². The third-order valence-electron chi connectivity index (χ3n) is 4.59. The fourth-order valence-corrected chi connectivity index (χ4v) is 3.32. The molecule has 1 unspecified atom stereocenters. The van der Waals surface area contributed by atoms with Gasteiger partial charge in [0.15, 0.2) is 0 Å². The van der Waals surface area contributed by atoms with Gasteiger partial charge in [-0.3, -0.25) is 4.90 Å². The minimum absolute atomic E-state index is 0.753. The fraction of sp³-hybridized carbons (Fsp3) is 0.647. The average molecular weight is 289 g/mol. The molecule has 1 atom stereocenters. The van der Waals surface area contributed by atoms with Gasteiger partial charge in [-0.1, -0.05) is 30.3 Å². The summed E-state index contributed by atoms with van der Waals surface area (Å²) in [5.74, 6) is 0. The lowest BCUT2D eigenvalue weighted by Crippen LogP contribution is -2.45. The first-order valence-corrected chi connectivity index (χ1v) is 8.20. The van der Waals surface area contributed by atoms with Crippen molar-refractivity contribution in [3.05, 3.63) is 35.9 Å². The molecule has 0 bridgehead atoms. The van der Waals surface area contributed by atoms with E-state index in [-0.39, 0.29) is 0 Å². The molecular weight excluding hydrogens is 262 g/mol. The van der Waals surface area contributed by atoms with Crippen LogP contribution in [0.4, 0.5) is 0 Å². The Bertz CT molecular complexity index is 406. The number of rotatable bonds is 6. The highest BCUT2D eigenvalue weighted by molar-refractivity contribution is 5.14. The Labute approximate surface area is 128 Å². The third kappa shape index (κ3) is 4.51. The zero-order valence-corrected chi connectivity index (χ0v) is 12.8. The van der Waals surface area contributed by atoms with Gasteiger partial charge in [-0.2, -0.15) is 0 Å². The van der Waals surface area contributed by atoms with E-state index in [1.807, 2.05) is 0 Å². The van der Waals surface area contributed by atoms with E-state index >= 15 is 0 Å². The predicted molar refractivity (Wildman–Crippen MR) is 85.4 cm³/mol. The summed E-state index contributed by atoms with van der Waals surface area (Å²) in [5.41, 5.74) is 1.37. The highest BCUT2D eigenvalue weighted by Crippen LogP contribution is 2.16. The summed E-state index contributed by atoms with van der Waals surface area (Å²) < 4.78 is 5.44. The van der Waals surface area contributed by atoms with Gasteiger partial charge in [0.05, 0.1) is 13.2 Å². The lowest BCUT2D eigenvalue weighted by Gasteiger charge is -2.32. The highest BCUT2D eigenvalue weighted by atomic mass is 16.5. The fourth-order valence-electron chi connectivity index (χ4n) is 3.32. The summed E-state index contributed by atoms with van der Waals surface area (Å²) in [6, 6.07) is 11.4. The number of ether oxygens (including phenoxy) is 1. The Balaban J connectivity index is 1.31. The first-order valence-electron chi connectivity index (χ1n) is 8.20. The molecule has 0 radical (unpaired) electrons. The molecule has 2 aliphatic rings. The largest absolute Gasteiger partial charge is 0.379 e. The Kier molecular flexibility index (Phi) is 5.63. The van der Waals surface area contributed by atoms with Gasteiger partial charge >= 0.3 is 0 Å². The van der Waals surface area contributed by atoms with Crippen LogP contribution in [0.5, 0.6) is 0 Å². The van der Waals surface area contributed by atoms with E-state index in [0.717, 1.165) is 52.0 Å². The second kappa shape index (κ2) is 7.90. The van der Waals surface area contributed by atoms with Crippen LogP contribution in [0, 0.1) is 0 Å². The molecule has 1 aromatic rings. The molecule has 2 saturated heterocycles. The van der Waals surface area contributed by atoms with E-state index < -0.39 is 0 Å². The van der Waals surface area contributed by atoms with Gasteiger partial charge in [0.1, 0.15) is 0 Å². The van der Waals surface area contributed by atoms with Crippen LogP contribution >= 0.6 is 0 Å². The number of nitrogens with one attached hydrogen (secondary N) is 1.